The average Bonchev–Trinajstić information content (AvgIpc) is 2.33. The molecule has 0 bridgehead atoms. The highest BCUT2D eigenvalue weighted by atomic mass is 16.3. The number of aromatic hydroxyl groups is 1. The average molecular weight is 236 g/mol. The van der Waals surface area contributed by atoms with Crippen molar-refractivity contribution in [2.45, 2.75) is 25.8 Å². The fourth-order valence-electron chi connectivity index (χ4n) is 2.20. The summed E-state index contributed by atoms with van der Waals surface area (Å²) >= 11 is 0. The molecular weight excluding hydrogens is 212 g/mol. The number of phenols is 1. The van der Waals surface area contributed by atoms with Crippen molar-refractivity contribution in [3.05, 3.63) is 29.8 Å². The van der Waals surface area contributed by atoms with Gasteiger partial charge in [0.2, 0.25) is 0 Å². The third kappa shape index (κ3) is 4.02. The summed E-state index contributed by atoms with van der Waals surface area (Å²) < 4.78 is 0. The van der Waals surface area contributed by atoms with Gasteiger partial charge in [0, 0.05) is 11.6 Å². The van der Waals surface area contributed by atoms with Gasteiger partial charge < -0.3 is 10.4 Å². The number of hydrogen-bond donors (Lipinski definition) is 2. The van der Waals surface area contributed by atoms with Crippen LogP contribution in [0.25, 0.3) is 0 Å². The van der Waals surface area contributed by atoms with Gasteiger partial charge in [0.15, 0.2) is 0 Å². The fraction of sp³-hybridized carbons (Fsp3) is 0.571. The maximum absolute atomic E-state index is 9.89. The van der Waals surface area contributed by atoms with Gasteiger partial charge in [-0.1, -0.05) is 25.1 Å². The monoisotopic (exact) mass is 236 g/mol. The quantitative estimate of drug-likeness (QED) is 0.714. The standard InChI is InChI=1S/C14H24N2O/c1-4-13(16(3)11-7-10-15-2)12-8-5-6-9-14(12)17/h5-6,8-9,13,15,17H,4,7,10-11H2,1-3H3. The Bertz CT molecular complexity index is 328. The molecule has 17 heavy (non-hydrogen) atoms. The maximum atomic E-state index is 9.89. The molecule has 0 aliphatic carbocycles. The fourth-order valence-corrected chi connectivity index (χ4v) is 2.20. The Balaban J connectivity index is 2.67. The van der Waals surface area contributed by atoms with E-state index in [-0.39, 0.29) is 0 Å². The molecule has 1 unspecified atom stereocenters. The van der Waals surface area contributed by atoms with Gasteiger partial charge in [0.1, 0.15) is 5.75 Å². The molecule has 0 aromatic heterocycles. The molecule has 3 heteroatoms. The first kappa shape index (κ1) is 14.0. The summed E-state index contributed by atoms with van der Waals surface area (Å²) in [5.41, 5.74) is 1.03. The number of phenolic OH excluding ortho intramolecular Hbond substituents is 1. The number of nitrogens with zero attached hydrogens (tertiary/aromatic N) is 1. The number of para-hydroxylation sites is 1. The molecule has 96 valence electrons. The first-order chi connectivity index (χ1) is 8.20. The smallest absolute Gasteiger partial charge is 0.120 e. The summed E-state index contributed by atoms with van der Waals surface area (Å²) in [5.74, 6) is 0.403. The summed E-state index contributed by atoms with van der Waals surface area (Å²) in [4.78, 5) is 2.31. The first-order valence-corrected chi connectivity index (χ1v) is 6.33. The zero-order valence-corrected chi connectivity index (χ0v) is 11.1. The van der Waals surface area contributed by atoms with Crippen LogP contribution in [0.5, 0.6) is 5.75 Å². The van der Waals surface area contributed by atoms with Gasteiger partial charge in [-0.3, -0.25) is 4.90 Å². The van der Waals surface area contributed by atoms with E-state index < -0.39 is 0 Å². The van der Waals surface area contributed by atoms with Crippen molar-refractivity contribution >= 4 is 0 Å². The zero-order chi connectivity index (χ0) is 12.7. The van der Waals surface area contributed by atoms with Gasteiger partial charge >= 0.3 is 0 Å². The Morgan fingerprint density at radius 2 is 2.06 bits per heavy atom. The van der Waals surface area contributed by atoms with Crippen LogP contribution in [0.2, 0.25) is 0 Å². The molecule has 1 atom stereocenters. The van der Waals surface area contributed by atoms with E-state index in [1.54, 1.807) is 6.07 Å². The summed E-state index contributed by atoms with van der Waals surface area (Å²) in [6.45, 7) is 4.22. The van der Waals surface area contributed by atoms with Crippen LogP contribution >= 0.6 is 0 Å². The van der Waals surface area contributed by atoms with Crippen LogP contribution in [0.4, 0.5) is 0 Å². The van der Waals surface area contributed by atoms with Crippen molar-refractivity contribution in [1.29, 1.82) is 0 Å². The molecular formula is C14H24N2O. The molecule has 1 rings (SSSR count). The molecule has 0 heterocycles. The first-order valence-electron chi connectivity index (χ1n) is 6.33. The Morgan fingerprint density at radius 1 is 1.35 bits per heavy atom. The SMILES string of the molecule is CCC(c1ccccc1O)N(C)CCCNC. The minimum absolute atomic E-state index is 0.299. The van der Waals surface area contributed by atoms with E-state index in [4.69, 9.17) is 0 Å². The van der Waals surface area contributed by atoms with Crippen LogP contribution in [0.15, 0.2) is 24.3 Å². The third-order valence-corrected chi connectivity index (χ3v) is 3.15. The van der Waals surface area contributed by atoms with E-state index in [9.17, 15) is 5.11 Å². The highest BCUT2D eigenvalue weighted by Crippen LogP contribution is 2.29. The highest BCUT2D eigenvalue weighted by molar-refractivity contribution is 5.34. The summed E-state index contributed by atoms with van der Waals surface area (Å²) in [6.07, 6.45) is 2.13. The predicted molar refractivity (Wildman–Crippen MR) is 72.3 cm³/mol. The lowest BCUT2D eigenvalue weighted by Crippen LogP contribution is -2.27. The van der Waals surface area contributed by atoms with E-state index in [0.717, 1.165) is 31.5 Å². The van der Waals surface area contributed by atoms with Gasteiger partial charge in [0.25, 0.3) is 0 Å². The molecule has 0 spiro atoms. The van der Waals surface area contributed by atoms with Gasteiger partial charge in [-0.25, -0.2) is 0 Å². The van der Waals surface area contributed by atoms with Gasteiger partial charge in [-0.2, -0.15) is 0 Å². The Labute approximate surface area is 104 Å². The number of rotatable bonds is 7. The summed E-state index contributed by atoms with van der Waals surface area (Å²) in [7, 11) is 4.09. The van der Waals surface area contributed by atoms with Crippen molar-refractivity contribution in [1.82, 2.24) is 10.2 Å². The summed E-state index contributed by atoms with van der Waals surface area (Å²) in [6, 6.07) is 7.93. The van der Waals surface area contributed by atoms with E-state index in [2.05, 4.69) is 24.2 Å². The molecule has 0 aliphatic rings. The molecule has 0 aliphatic heterocycles. The Morgan fingerprint density at radius 3 is 2.65 bits per heavy atom. The molecule has 0 saturated carbocycles. The molecule has 1 aromatic carbocycles. The van der Waals surface area contributed by atoms with E-state index >= 15 is 0 Å². The topological polar surface area (TPSA) is 35.5 Å². The third-order valence-electron chi connectivity index (χ3n) is 3.15. The van der Waals surface area contributed by atoms with Crippen molar-refractivity contribution in [3.63, 3.8) is 0 Å². The van der Waals surface area contributed by atoms with Crippen LogP contribution in [0.1, 0.15) is 31.4 Å². The maximum Gasteiger partial charge on any atom is 0.120 e. The molecule has 0 saturated heterocycles. The largest absolute Gasteiger partial charge is 0.508 e. The lowest BCUT2D eigenvalue weighted by atomic mass is 10.0. The molecule has 1 aromatic rings. The van der Waals surface area contributed by atoms with Crippen molar-refractivity contribution in [2.75, 3.05) is 27.2 Å². The van der Waals surface area contributed by atoms with Crippen LogP contribution in [0.3, 0.4) is 0 Å². The predicted octanol–water partition coefficient (Wildman–Crippen LogP) is 2.38. The minimum Gasteiger partial charge on any atom is -0.508 e. The second-order valence-corrected chi connectivity index (χ2v) is 4.42. The van der Waals surface area contributed by atoms with Crippen LogP contribution < -0.4 is 5.32 Å². The van der Waals surface area contributed by atoms with E-state index in [1.165, 1.54) is 0 Å². The molecule has 2 N–H and O–H groups in total. The molecule has 0 amide bonds. The second-order valence-electron chi connectivity index (χ2n) is 4.42. The minimum atomic E-state index is 0.299. The van der Waals surface area contributed by atoms with Gasteiger partial charge in [-0.05, 0) is 46.1 Å². The molecule has 0 fully saturated rings. The number of nitrogens with one attached hydrogen (secondary N) is 1. The molecule has 0 radical (unpaired) electrons. The number of hydrogen-bond acceptors (Lipinski definition) is 3. The number of benzene rings is 1. The molecule has 3 nitrogen and oxygen atoms in total. The van der Waals surface area contributed by atoms with Crippen LogP contribution in [-0.4, -0.2) is 37.2 Å². The van der Waals surface area contributed by atoms with Crippen molar-refractivity contribution < 1.29 is 5.11 Å². The van der Waals surface area contributed by atoms with Crippen molar-refractivity contribution in [3.8, 4) is 5.75 Å². The van der Waals surface area contributed by atoms with Gasteiger partial charge in [0.05, 0.1) is 0 Å². The van der Waals surface area contributed by atoms with Gasteiger partial charge in [-0.15, -0.1) is 0 Å². The lowest BCUT2D eigenvalue weighted by Gasteiger charge is -2.28. The van der Waals surface area contributed by atoms with E-state index in [1.807, 2.05) is 25.2 Å². The summed E-state index contributed by atoms with van der Waals surface area (Å²) in [5, 5.41) is 13.0. The Hall–Kier alpha value is -1.06. The normalized spacial score (nSPS) is 12.9. The van der Waals surface area contributed by atoms with E-state index in [0.29, 0.717) is 11.8 Å². The second kappa shape index (κ2) is 7.30. The van der Waals surface area contributed by atoms with Crippen LogP contribution in [-0.2, 0) is 0 Å². The lowest BCUT2D eigenvalue weighted by molar-refractivity contribution is 0.231. The van der Waals surface area contributed by atoms with Crippen LogP contribution in [0, 0.1) is 0 Å². The zero-order valence-electron chi connectivity index (χ0n) is 11.1. The van der Waals surface area contributed by atoms with Crippen molar-refractivity contribution in [2.24, 2.45) is 0 Å². The Kier molecular flexibility index (Phi) is 6.01. The highest BCUT2D eigenvalue weighted by Gasteiger charge is 2.17.